The molecule has 82 valence electrons. The van der Waals surface area contributed by atoms with Crippen molar-refractivity contribution in [1.29, 1.82) is 0 Å². The summed E-state index contributed by atoms with van der Waals surface area (Å²) < 4.78 is 5.06. The summed E-state index contributed by atoms with van der Waals surface area (Å²) in [4.78, 5) is 0. The number of hydrogen-bond acceptors (Lipinski definition) is 3. The Morgan fingerprint density at radius 1 is 1.53 bits per heavy atom. The minimum atomic E-state index is -0.599. The fraction of sp³-hybridized carbons (Fsp3) is 0.455. The number of aliphatic hydroxyl groups is 1. The molecule has 2 N–H and O–H groups in total. The summed E-state index contributed by atoms with van der Waals surface area (Å²) >= 11 is 6.00. The monoisotopic (exact) mass is 227 g/mol. The van der Waals surface area contributed by atoms with E-state index in [0.29, 0.717) is 30.3 Å². The van der Waals surface area contributed by atoms with Gasteiger partial charge in [-0.15, -0.1) is 0 Å². The average Bonchev–Trinajstić information content (AvgIpc) is 2.16. The molecular formula is C11H14ClNO2. The summed E-state index contributed by atoms with van der Waals surface area (Å²) in [5.41, 5.74) is 0.433. The van der Waals surface area contributed by atoms with Crippen molar-refractivity contribution in [3.63, 3.8) is 0 Å². The van der Waals surface area contributed by atoms with Crippen molar-refractivity contribution in [1.82, 2.24) is 5.32 Å². The van der Waals surface area contributed by atoms with Crippen molar-refractivity contribution in [2.45, 2.75) is 12.0 Å². The number of β-amino-alcohol motifs (C(OH)–C–C–N with tert-alkyl or cyclic N) is 1. The molecule has 2 rings (SSSR count). The van der Waals surface area contributed by atoms with Crippen molar-refractivity contribution >= 4 is 11.6 Å². The molecule has 0 bridgehead atoms. The van der Waals surface area contributed by atoms with E-state index in [2.05, 4.69) is 5.32 Å². The van der Waals surface area contributed by atoms with Gasteiger partial charge in [-0.05, 0) is 17.7 Å². The third kappa shape index (κ3) is 2.25. The van der Waals surface area contributed by atoms with Crippen molar-refractivity contribution in [2.24, 2.45) is 0 Å². The molecule has 1 saturated heterocycles. The molecule has 1 aliphatic rings. The molecule has 0 atom stereocenters. The van der Waals surface area contributed by atoms with Crippen molar-refractivity contribution in [3.8, 4) is 5.75 Å². The van der Waals surface area contributed by atoms with E-state index in [1.54, 1.807) is 7.11 Å². The normalized spacial score (nSPS) is 18.3. The molecule has 1 aromatic rings. The van der Waals surface area contributed by atoms with E-state index >= 15 is 0 Å². The van der Waals surface area contributed by atoms with Gasteiger partial charge in [0.15, 0.2) is 0 Å². The molecule has 0 aromatic heterocycles. The maximum atomic E-state index is 9.94. The molecule has 0 radical (unpaired) electrons. The molecule has 0 spiro atoms. The largest absolute Gasteiger partial charge is 0.495 e. The van der Waals surface area contributed by atoms with Gasteiger partial charge in [0.2, 0.25) is 0 Å². The van der Waals surface area contributed by atoms with Gasteiger partial charge in [0, 0.05) is 19.5 Å². The van der Waals surface area contributed by atoms with Gasteiger partial charge in [-0.2, -0.15) is 0 Å². The van der Waals surface area contributed by atoms with Gasteiger partial charge < -0.3 is 15.2 Å². The van der Waals surface area contributed by atoms with Gasteiger partial charge in [-0.25, -0.2) is 0 Å². The van der Waals surface area contributed by atoms with Crippen LogP contribution in [0.4, 0.5) is 0 Å². The number of rotatable bonds is 3. The minimum Gasteiger partial charge on any atom is -0.495 e. The second-order valence-electron chi connectivity index (χ2n) is 3.97. The first kappa shape index (κ1) is 10.7. The van der Waals surface area contributed by atoms with Crippen LogP contribution < -0.4 is 10.1 Å². The van der Waals surface area contributed by atoms with Crippen molar-refractivity contribution in [3.05, 3.63) is 28.8 Å². The summed E-state index contributed by atoms with van der Waals surface area (Å²) in [7, 11) is 1.59. The van der Waals surface area contributed by atoms with E-state index in [4.69, 9.17) is 16.3 Å². The molecule has 0 amide bonds. The standard InChI is InChI=1S/C11H14ClNO2/c1-15-10-3-2-8(4-9(10)12)5-11(14)6-13-7-11/h2-4,13-14H,5-7H2,1H3. The molecular weight excluding hydrogens is 214 g/mol. The fourth-order valence-electron chi connectivity index (χ4n) is 1.74. The minimum absolute atomic E-state index is 0.589. The molecule has 3 nitrogen and oxygen atoms in total. The second-order valence-corrected chi connectivity index (χ2v) is 4.38. The first-order chi connectivity index (χ1) is 7.13. The summed E-state index contributed by atoms with van der Waals surface area (Å²) in [5.74, 6) is 0.666. The number of hydrogen-bond donors (Lipinski definition) is 2. The number of methoxy groups -OCH3 is 1. The summed E-state index contributed by atoms with van der Waals surface area (Å²) in [6, 6.07) is 5.60. The fourth-order valence-corrected chi connectivity index (χ4v) is 2.02. The molecule has 0 saturated carbocycles. The van der Waals surface area contributed by atoms with Gasteiger partial charge in [-0.1, -0.05) is 17.7 Å². The SMILES string of the molecule is COc1ccc(CC2(O)CNC2)cc1Cl. The highest BCUT2D eigenvalue weighted by atomic mass is 35.5. The van der Waals surface area contributed by atoms with Crippen LogP contribution >= 0.6 is 11.6 Å². The van der Waals surface area contributed by atoms with Crippen LogP contribution in [0.25, 0.3) is 0 Å². The smallest absolute Gasteiger partial charge is 0.137 e. The van der Waals surface area contributed by atoms with Crippen LogP contribution in [-0.4, -0.2) is 30.9 Å². The highest BCUT2D eigenvalue weighted by Crippen LogP contribution is 2.27. The highest BCUT2D eigenvalue weighted by molar-refractivity contribution is 6.32. The molecule has 0 aliphatic carbocycles. The van der Waals surface area contributed by atoms with Crippen LogP contribution in [0.3, 0.4) is 0 Å². The van der Waals surface area contributed by atoms with Crippen LogP contribution in [0, 0.1) is 0 Å². The highest BCUT2D eigenvalue weighted by Gasteiger charge is 2.34. The Labute approximate surface area is 94.0 Å². The third-order valence-corrected chi connectivity index (χ3v) is 2.95. The van der Waals surface area contributed by atoms with E-state index in [1.807, 2.05) is 18.2 Å². The van der Waals surface area contributed by atoms with E-state index in [1.165, 1.54) is 0 Å². The van der Waals surface area contributed by atoms with E-state index < -0.39 is 5.60 Å². The van der Waals surface area contributed by atoms with Crippen LogP contribution in [0.1, 0.15) is 5.56 Å². The Balaban J connectivity index is 2.12. The molecule has 1 aliphatic heterocycles. The van der Waals surface area contributed by atoms with Crippen LogP contribution in [0.5, 0.6) is 5.75 Å². The molecule has 15 heavy (non-hydrogen) atoms. The zero-order valence-corrected chi connectivity index (χ0v) is 9.34. The quantitative estimate of drug-likeness (QED) is 0.816. The van der Waals surface area contributed by atoms with E-state index in [-0.39, 0.29) is 0 Å². The summed E-state index contributed by atoms with van der Waals surface area (Å²) in [6.07, 6.45) is 0.629. The first-order valence-corrected chi connectivity index (χ1v) is 5.26. The van der Waals surface area contributed by atoms with Crippen molar-refractivity contribution < 1.29 is 9.84 Å². The Bertz CT molecular complexity index is 364. The number of halogens is 1. The Hall–Kier alpha value is -0.770. The zero-order valence-electron chi connectivity index (χ0n) is 8.59. The lowest BCUT2D eigenvalue weighted by Crippen LogP contribution is -2.60. The average molecular weight is 228 g/mol. The van der Waals surface area contributed by atoms with Gasteiger partial charge in [0.1, 0.15) is 5.75 Å². The molecule has 4 heteroatoms. The van der Waals surface area contributed by atoms with Gasteiger partial charge in [-0.3, -0.25) is 0 Å². The lowest BCUT2D eigenvalue weighted by molar-refractivity contribution is -0.00902. The summed E-state index contributed by atoms with van der Waals surface area (Å²) in [6.45, 7) is 1.30. The molecule has 1 heterocycles. The summed E-state index contributed by atoms with van der Waals surface area (Å²) in [5, 5.41) is 13.6. The Morgan fingerprint density at radius 2 is 2.27 bits per heavy atom. The first-order valence-electron chi connectivity index (χ1n) is 4.88. The predicted octanol–water partition coefficient (Wildman–Crippen LogP) is 1.23. The molecule has 1 aromatic carbocycles. The Morgan fingerprint density at radius 3 is 2.73 bits per heavy atom. The lowest BCUT2D eigenvalue weighted by Gasteiger charge is -2.37. The zero-order chi connectivity index (χ0) is 10.9. The number of benzene rings is 1. The van der Waals surface area contributed by atoms with E-state index in [9.17, 15) is 5.11 Å². The van der Waals surface area contributed by atoms with Gasteiger partial charge in [0.25, 0.3) is 0 Å². The molecule has 1 fully saturated rings. The van der Waals surface area contributed by atoms with Gasteiger partial charge in [0.05, 0.1) is 17.7 Å². The second kappa shape index (κ2) is 4.00. The van der Waals surface area contributed by atoms with Crippen LogP contribution in [0.2, 0.25) is 5.02 Å². The van der Waals surface area contributed by atoms with E-state index in [0.717, 1.165) is 5.56 Å². The van der Waals surface area contributed by atoms with Crippen LogP contribution in [0.15, 0.2) is 18.2 Å². The maximum Gasteiger partial charge on any atom is 0.137 e. The van der Waals surface area contributed by atoms with Gasteiger partial charge >= 0.3 is 0 Å². The van der Waals surface area contributed by atoms with Crippen LogP contribution in [-0.2, 0) is 6.42 Å². The predicted molar refractivity (Wildman–Crippen MR) is 59.5 cm³/mol. The van der Waals surface area contributed by atoms with Crippen molar-refractivity contribution in [2.75, 3.05) is 20.2 Å². The Kier molecular flexibility index (Phi) is 2.87. The number of nitrogens with one attached hydrogen (secondary N) is 1. The lowest BCUT2D eigenvalue weighted by atomic mass is 9.89. The number of ether oxygens (including phenoxy) is 1. The maximum absolute atomic E-state index is 9.94. The topological polar surface area (TPSA) is 41.5 Å². The molecule has 0 unspecified atom stereocenters. The third-order valence-electron chi connectivity index (χ3n) is 2.66.